The third-order valence-electron chi connectivity index (χ3n) is 5.26. The number of hydrogen-bond acceptors (Lipinski definition) is 2. The maximum absolute atomic E-state index is 6.37. The van der Waals surface area contributed by atoms with Gasteiger partial charge in [0.2, 0.25) is 0 Å². The van der Waals surface area contributed by atoms with Gasteiger partial charge in [-0.15, -0.1) is 0 Å². The first-order valence-corrected chi connectivity index (χ1v) is 7.30. The highest BCUT2D eigenvalue weighted by atomic mass is 16.5. The number of nitrogens with zero attached hydrogens (tertiary/aromatic N) is 2. The Labute approximate surface area is 111 Å². The molecule has 4 heteroatoms. The van der Waals surface area contributed by atoms with Crippen LogP contribution >= 0.6 is 0 Å². The van der Waals surface area contributed by atoms with E-state index < -0.39 is 0 Å². The molecule has 0 saturated carbocycles. The fourth-order valence-electron chi connectivity index (χ4n) is 4.52. The summed E-state index contributed by atoms with van der Waals surface area (Å²) >= 11 is 0. The first-order chi connectivity index (χ1) is 9.37. The summed E-state index contributed by atoms with van der Waals surface area (Å²) in [6, 6.07) is 8.52. The minimum absolute atomic E-state index is 0.0536. The molecule has 0 radical (unpaired) electrons. The summed E-state index contributed by atoms with van der Waals surface area (Å²) in [5.41, 5.74) is 2.42. The second-order valence-corrected chi connectivity index (χ2v) is 6.19. The van der Waals surface area contributed by atoms with Gasteiger partial charge in [0.15, 0.2) is 5.60 Å². The predicted molar refractivity (Wildman–Crippen MR) is 71.0 cm³/mol. The average Bonchev–Trinajstić information content (AvgIpc) is 3.10. The molecule has 4 heterocycles. The normalized spacial score (nSPS) is 36.2. The van der Waals surface area contributed by atoms with Gasteiger partial charge in [0, 0.05) is 11.8 Å². The topological polar surface area (TPSA) is 31.5 Å². The van der Waals surface area contributed by atoms with Crippen LogP contribution in [0.15, 0.2) is 24.3 Å². The van der Waals surface area contributed by atoms with Crippen molar-refractivity contribution in [2.24, 2.45) is 5.92 Å². The van der Waals surface area contributed by atoms with Crippen molar-refractivity contribution < 1.29 is 9.64 Å². The van der Waals surface area contributed by atoms with E-state index in [0.29, 0.717) is 5.92 Å². The lowest BCUT2D eigenvalue weighted by molar-refractivity contribution is -0.883. The van der Waals surface area contributed by atoms with Crippen molar-refractivity contribution in [3.05, 3.63) is 30.0 Å². The number of nitrogens with one attached hydrogen (secondary N) is 1. The van der Waals surface area contributed by atoms with Crippen LogP contribution in [0.5, 0.6) is 0 Å². The van der Waals surface area contributed by atoms with Crippen molar-refractivity contribution >= 4 is 10.9 Å². The molecule has 0 amide bonds. The highest BCUT2D eigenvalue weighted by Crippen LogP contribution is 2.43. The van der Waals surface area contributed by atoms with Crippen LogP contribution in [0.2, 0.25) is 0 Å². The molecule has 1 spiro atoms. The van der Waals surface area contributed by atoms with Crippen LogP contribution < -0.4 is 4.90 Å². The van der Waals surface area contributed by atoms with E-state index in [-0.39, 0.29) is 5.60 Å². The Bertz CT molecular complexity index is 664. The average molecular weight is 256 g/mol. The van der Waals surface area contributed by atoms with Crippen LogP contribution in [-0.2, 0) is 16.9 Å². The monoisotopic (exact) mass is 256 g/mol. The molecule has 19 heavy (non-hydrogen) atoms. The molecule has 5 rings (SSSR count). The Hall–Kier alpha value is -1.39. The third-order valence-corrected chi connectivity index (χ3v) is 5.26. The Morgan fingerprint density at radius 1 is 1.37 bits per heavy atom. The van der Waals surface area contributed by atoms with Crippen molar-refractivity contribution in [2.45, 2.75) is 18.6 Å². The Balaban J connectivity index is 1.80. The molecule has 3 unspecified atom stereocenters. The summed E-state index contributed by atoms with van der Waals surface area (Å²) in [4.78, 5) is 1.71. The van der Waals surface area contributed by atoms with E-state index in [1.54, 1.807) is 4.90 Å². The molecule has 3 aliphatic rings. The lowest BCUT2D eigenvalue weighted by Gasteiger charge is -2.38. The van der Waals surface area contributed by atoms with E-state index in [9.17, 15) is 0 Å². The summed E-state index contributed by atoms with van der Waals surface area (Å²) in [5, 5.41) is 6.08. The van der Waals surface area contributed by atoms with E-state index in [2.05, 4.69) is 28.9 Å². The number of rotatable bonds is 0. The molecule has 0 aliphatic carbocycles. The first kappa shape index (κ1) is 10.4. The van der Waals surface area contributed by atoms with Gasteiger partial charge in [-0.1, -0.05) is 18.2 Å². The van der Waals surface area contributed by atoms with Gasteiger partial charge in [0.05, 0.1) is 43.4 Å². The molecule has 1 aromatic carbocycles. The van der Waals surface area contributed by atoms with Gasteiger partial charge < -0.3 is 9.64 Å². The maximum atomic E-state index is 6.37. The summed E-state index contributed by atoms with van der Waals surface area (Å²) in [5.74, 6) is 0.682. The van der Waals surface area contributed by atoms with Gasteiger partial charge in [-0.3, -0.25) is 4.68 Å². The zero-order valence-electron chi connectivity index (χ0n) is 10.9. The van der Waals surface area contributed by atoms with Crippen molar-refractivity contribution in [1.29, 1.82) is 0 Å². The minimum Gasteiger partial charge on any atom is -0.360 e. The van der Waals surface area contributed by atoms with Crippen molar-refractivity contribution in [3.8, 4) is 0 Å². The van der Waals surface area contributed by atoms with Crippen LogP contribution in [0.3, 0.4) is 0 Å². The summed E-state index contributed by atoms with van der Waals surface area (Å²) < 4.78 is 8.59. The SMILES string of the molecule is c1ccc2c3n(nc2c1)CCOC31C[NH+]2CCC1C2. The molecule has 3 atom stereocenters. The van der Waals surface area contributed by atoms with E-state index in [1.165, 1.54) is 30.6 Å². The van der Waals surface area contributed by atoms with Gasteiger partial charge in [-0.2, -0.15) is 5.10 Å². The highest BCUT2D eigenvalue weighted by molar-refractivity contribution is 5.82. The molecule has 2 bridgehead atoms. The quantitative estimate of drug-likeness (QED) is 0.729. The fraction of sp³-hybridized carbons (Fsp3) is 0.533. The fourth-order valence-corrected chi connectivity index (χ4v) is 4.52. The van der Waals surface area contributed by atoms with Gasteiger partial charge in [-0.05, 0) is 6.07 Å². The lowest BCUT2D eigenvalue weighted by atomic mass is 9.82. The molecule has 1 N–H and O–H groups in total. The van der Waals surface area contributed by atoms with E-state index in [0.717, 1.165) is 25.2 Å². The molecule has 98 valence electrons. The Morgan fingerprint density at radius 2 is 2.32 bits per heavy atom. The van der Waals surface area contributed by atoms with Gasteiger partial charge >= 0.3 is 0 Å². The number of ether oxygens (including phenoxy) is 1. The molecular weight excluding hydrogens is 238 g/mol. The molecule has 2 saturated heterocycles. The zero-order valence-corrected chi connectivity index (χ0v) is 10.9. The first-order valence-electron chi connectivity index (χ1n) is 7.30. The number of piperidine rings is 1. The zero-order chi connectivity index (χ0) is 12.4. The number of hydrogen-bond donors (Lipinski definition) is 1. The summed E-state index contributed by atoms with van der Waals surface area (Å²) in [6.45, 7) is 5.44. The minimum atomic E-state index is -0.0536. The van der Waals surface area contributed by atoms with Crippen LogP contribution in [0.4, 0.5) is 0 Å². The summed E-state index contributed by atoms with van der Waals surface area (Å²) in [6.07, 6.45) is 1.30. The molecule has 1 aromatic heterocycles. The molecule has 2 aromatic rings. The number of quaternary nitrogens is 1. The van der Waals surface area contributed by atoms with E-state index in [4.69, 9.17) is 9.84 Å². The molecule has 4 nitrogen and oxygen atoms in total. The maximum Gasteiger partial charge on any atom is 0.167 e. The standard InChI is InChI=1S/C15H17N3O/c1-2-4-13-12(3-1)14-15(19-8-7-18(14)16-13)10-17-6-5-11(15)9-17/h1-4,11H,5-10H2/p+1. The van der Waals surface area contributed by atoms with Gasteiger partial charge in [0.25, 0.3) is 0 Å². The van der Waals surface area contributed by atoms with Crippen LogP contribution in [-0.4, -0.2) is 36.0 Å². The van der Waals surface area contributed by atoms with Crippen molar-refractivity contribution in [2.75, 3.05) is 26.2 Å². The summed E-state index contributed by atoms with van der Waals surface area (Å²) in [7, 11) is 0. The predicted octanol–water partition coefficient (Wildman–Crippen LogP) is 0.180. The largest absolute Gasteiger partial charge is 0.360 e. The van der Waals surface area contributed by atoms with Crippen LogP contribution in [0.25, 0.3) is 10.9 Å². The van der Waals surface area contributed by atoms with Crippen molar-refractivity contribution in [3.63, 3.8) is 0 Å². The Morgan fingerprint density at radius 3 is 3.16 bits per heavy atom. The van der Waals surface area contributed by atoms with E-state index in [1.807, 2.05) is 0 Å². The van der Waals surface area contributed by atoms with E-state index >= 15 is 0 Å². The molecule has 2 fully saturated rings. The number of aromatic nitrogens is 2. The second kappa shape index (κ2) is 3.38. The van der Waals surface area contributed by atoms with Gasteiger partial charge in [0.1, 0.15) is 6.54 Å². The van der Waals surface area contributed by atoms with Crippen molar-refractivity contribution in [1.82, 2.24) is 9.78 Å². The smallest absolute Gasteiger partial charge is 0.167 e. The number of fused-ring (bicyclic) bond motifs is 7. The molecular formula is C15H18N3O+. The number of benzene rings is 1. The highest BCUT2D eigenvalue weighted by Gasteiger charge is 2.59. The Kier molecular flexibility index (Phi) is 1.85. The van der Waals surface area contributed by atoms with Crippen LogP contribution in [0, 0.1) is 5.92 Å². The lowest BCUT2D eigenvalue weighted by Crippen LogP contribution is -3.09. The third kappa shape index (κ3) is 1.19. The second-order valence-electron chi connectivity index (χ2n) is 6.19. The molecule has 3 aliphatic heterocycles. The van der Waals surface area contributed by atoms with Crippen LogP contribution in [0.1, 0.15) is 12.1 Å². The van der Waals surface area contributed by atoms with Gasteiger partial charge in [-0.25, -0.2) is 0 Å².